The molecule has 136 valence electrons. The van der Waals surface area contributed by atoms with E-state index in [1.165, 1.54) is 25.7 Å². The Bertz CT molecular complexity index is 646. The normalized spacial score (nSPS) is 29.0. The van der Waals surface area contributed by atoms with Gasteiger partial charge in [0.2, 0.25) is 5.91 Å². The van der Waals surface area contributed by atoms with Gasteiger partial charge in [0.05, 0.1) is 6.10 Å². The van der Waals surface area contributed by atoms with Gasteiger partial charge in [-0.15, -0.1) is 0 Å². The van der Waals surface area contributed by atoms with Crippen molar-refractivity contribution >= 4 is 21.8 Å². The lowest BCUT2D eigenvalue weighted by atomic mass is 9.46. The van der Waals surface area contributed by atoms with Crippen LogP contribution < -0.4 is 5.32 Å². The number of carbonyl (C=O) groups is 1. The molecule has 1 N–H and O–H groups in total. The number of halogens is 1. The van der Waals surface area contributed by atoms with Gasteiger partial charge in [0.1, 0.15) is 0 Å². The average Bonchev–Trinajstić information content (AvgIpc) is 2.97. The summed E-state index contributed by atoms with van der Waals surface area (Å²) in [6, 6.07) is 8.64. The van der Waals surface area contributed by atoms with Crippen molar-refractivity contribution in [1.82, 2.24) is 10.2 Å². The second kappa shape index (κ2) is 7.01. The van der Waals surface area contributed by atoms with Crippen molar-refractivity contribution in [3.05, 3.63) is 34.3 Å². The van der Waals surface area contributed by atoms with Crippen LogP contribution in [0.25, 0.3) is 0 Å². The number of nitrogens with one attached hydrogen (secondary N) is 1. The van der Waals surface area contributed by atoms with Crippen molar-refractivity contribution in [2.24, 2.45) is 11.3 Å². The van der Waals surface area contributed by atoms with Crippen molar-refractivity contribution in [1.29, 1.82) is 0 Å². The zero-order valence-corrected chi connectivity index (χ0v) is 16.4. The highest BCUT2D eigenvalue weighted by Gasteiger charge is 2.66. The van der Waals surface area contributed by atoms with E-state index in [1.54, 1.807) is 0 Å². The first-order chi connectivity index (χ1) is 12.1. The molecule has 1 aliphatic heterocycles. The first-order valence-electron chi connectivity index (χ1n) is 9.44. The van der Waals surface area contributed by atoms with Gasteiger partial charge >= 0.3 is 0 Å². The summed E-state index contributed by atoms with van der Waals surface area (Å²) in [6.45, 7) is 2.34. The fourth-order valence-corrected chi connectivity index (χ4v) is 5.47. The topological polar surface area (TPSA) is 41.6 Å². The number of hydrogen-bond donors (Lipinski definition) is 1. The standard InChI is InChI=1S/C20H27BrN2O2/c1-23(13-14-5-2-3-6-16(14)21)17(24)7-11-22-18-15-8-12-25-19(15)20(18)9-4-10-20/h2-3,5-6,15,18-19,22H,4,7-13H2,1H3/t15-,18-,19+/m1/s1. The predicted octanol–water partition coefficient (Wildman–Crippen LogP) is 3.34. The number of carbonyl (C=O) groups excluding carboxylic acids is 1. The van der Waals surface area contributed by atoms with Crippen LogP contribution in [0.1, 0.15) is 37.7 Å². The van der Waals surface area contributed by atoms with E-state index in [-0.39, 0.29) is 5.91 Å². The number of benzene rings is 1. The molecule has 1 aromatic rings. The lowest BCUT2D eigenvalue weighted by molar-refractivity contribution is -0.176. The molecule has 1 heterocycles. The quantitative estimate of drug-likeness (QED) is 0.787. The summed E-state index contributed by atoms with van der Waals surface area (Å²) in [4.78, 5) is 14.3. The molecular formula is C20H27BrN2O2. The number of amides is 1. The van der Waals surface area contributed by atoms with E-state index in [4.69, 9.17) is 4.74 Å². The molecule has 0 bridgehead atoms. The van der Waals surface area contributed by atoms with E-state index in [2.05, 4.69) is 27.3 Å². The minimum Gasteiger partial charge on any atom is -0.377 e. The Labute approximate surface area is 158 Å². The van der Waals surface area contributed by atoms with Gasteiger partial charge < -0.3 is 15.0 Å². The van der Waals surface area contributed by atoms with E-state index < -0.39 is 0 Å². The summed E-state index contributed by atoms with van der Waals surface area (Å²) < 4.78 is 7.02. The molecule has 0 aromatic heterocycles. The lowest BCUT2D eigenvalue weighted by Gasteiger charge is -2.63. The van der Waals surface area contributed by atoms with Gasteiger partial charge in [0.25, 0.3) is 0 Å². The number of rotatable bonds is 6. The Hall–Kier alpha value is -0.910. The van der Waals surface area contributed by atoms with Crippen LogP contribution in [0.15, 0.2) is 28.7 Å². The van der Waals surface area contributed by atoms with E-state index in [9.17, 15) is 4.79 Å². The molecule has 4 rings (SSSR count). The average molecular weight is 407 g/mol. The monoisotopic (exact) mass is 406 g/mol. The second-order valence-corrected chi connectivity index (χ2v) is 8.71. The van der Waals surface area contributed by atoms with Gasteiger partial charge in [-0.25, -0.2) is 0 Å². The second-order valence-electron chi connectivity index (χ2n) is 7.85. The van der Waals surface area contributed by atoms with Crippen molar-refractivity contribution in [3.63, 3.8) is 0 Å². The van der Waals surface area contributed by atoms with Crippen molar-refractivity contribution < 1.29 is 9.53 Å². The Morgan fingerprint density at radius 3 is 2.92 bits per heavy atom. The molecule has 1 spiro atoms. The predicted molar refractivity (Wildman–Crippen MR) is 101 cm³/mol. The van der Waals surface area contributed by atoms with Gasteiger partial charge in [0, 0.05) is 55.0 Å². The minimum atomic E-state index is 0.199. The van der Waals surface area contributed by atoms with E-state index in [0.717, 1.165) is 23.2 Å². The molecule has 2 aliphatic carbocycles. The highest BCUT2D eigenvalue weighted by Crippen LogP contribution is 2.62. The summed E-state index contributed by atoms with van der Waals surface area (Å²) in [5.74, 6) is 0.873. The maximum atomic E-state index is 12.5. The van der Waals surface area contributed by atoms with Crippen molar-refractivity contribution in [3.8, 4) is 0 Å². The molecule has 1 amide bonds. The van der Waals surface area contributed by atoms with Gasteiger partial charge in [-0.3, -0.25) is 4.79 Å². The van der Waals surface area contributed by atoms with Crippen LogP contribution in [0.2, 0.25) is 0 Å². The van der Waals surface area contributed by atoms with Crippen LogP contribution in [0.3, 0.4) is 0 Å². The van der Waals surface area contributed by atoms with E-state index in [1.807, 2.05) is 30.1 Å². The maximum absolute atomic E-state index is 12.5. The molecule has 1 saturated heterocycles. The van der Waals surface area contributed by atoms with Crippen molar-refractivity contribution in [2.75, 3.05) is 20.2 Å². The third kappa shape index (κ3) is 3.04. The van der Waals surface area contributed by atoms with Gasteiger partial charge in [-0.1, -0.05) is 40.5 Å². The minimum absolute atomic E-state index is 0.199. The highest BCUT2D eigenvalue weighted by atomic mass is 79.9. The highest BCUT2D eigenvalue weighted by molar-refractivity contribution is 9.10. The molecule has 0 unspecified atom stereocenters. The Kier molecular flexibility index (Phi) is 4.91. The van der Waals surface area contributed by atoms with Gasteiger partial charge in [-0.2, -0.15) is 0 Å². The molecule has 3 fully saturated rings. The largest absolute Gasteiger partial charge is 0.377 e. The smallest absolute Gasteiger partial charge is 0.223 e. The third-order valence-electron chi connectivity index (χ3n) is 6.53. The number of ether oxygens (including phenoxy) is 1. The summed E-state index contributed by atoms with van der Waals surface area (Å²) in [6.07, 6.45) is 6.15. The zero-order valence-electron chi connectivity index (χ0n) is 14.8. The molecule has 4 nitrogen and oxygen atoms in total. The Morgan fingerprint density at radius 1 is 1.40 bits per heavy atom. The van der Waals surface area contributed by atoms with Crippen LogP contribution in [-0.4, -0.2) is 43.2 Å². The van der Waals surface area contributed by atoms with Crippen LogP contribution in [0.4, 0.5) is 0 Å². The maximum Gasteiger partial charge on any atom is 0.223 e. The van der Waals surface area contributed by atoms with Crippen molar-refractivity contribution in [2.45, 2.75) is 50.8 Å². The fraction of sp³-hybridized carbons (Fsp3) is 0.650. The van der Waals surface area contributed by atoms with Gasteiger partial charge in [-0.05, 0) is 30.9 Å². The SMILES string of the molecule is CN(Cc1ccccc1Br)C(=O)CCN[C@@H]1[C@H]2CCO[C@@H]2C12CCC2. The number of nitrogens with zero attached hydrogens (tertiary/aromatic N) is 1. The summed E-state index contributed by atoms with van der Waals surface area (Å²) >= 11 is 3.55. The van der Waals surface area contributed by atoms with E-state index >= 15 is 0 Å². The van der Waals surface area contributed by atoms with E-state index in [0.29, 0.717) is 36.4 Å². The summed E-state index contributed by atoms with van der Waals surface area (Å²) in [7, 11) is 1.89. The first kappa shape index (κ1) is 17.5. The summed E-state index contributed by atoms with van der Waals surface area (Å²) in [5.41, 5.74) is 1.54. The molecule has 1 aromatic carbocycles. The molecule has 3 atom stereocenters. The molecule has 3 aliphatic rings. The Morgan fingerprint density at radius 2 is 2.20 bits per heavy atom. The number of hydrogen-bond acceptors (Lipinski definition) is 3. The molecular weight excluding hydrogens is 380 g/mol. The fourth-order valence-electron chi connectivity index (χ4n) is 5.06. The molecule has 2 saturated carbocycles. The van der Waals surface area contributed by atoms with Crippen LogP contribution in [0, 0.1) is 11.3 Å². The van der Waals surface area contributed by atoms with Crippen LogP contribution in [0.5, 0.6) is 0 Å². The summed E-state index contributed by atoms with van der Waals surface area (Å²) in [5, 5.41) is 3.71. The van der Waals surface area contributed by atoms with Crippen LogP contribution in [-0.2, 0) is 16.1 Å². The molecule has 0 radical (unpaired) electrons. The number of fused-ring (bicyclic) bond motifs is 2. The molecule has 25 heavy (non-hydrogen) atoms. The molecule has 5 heteroatoms. The van der Waals surface area contributed by atoms with Crippen LogP contribution >= 0.6 is 15.9 Å². The zero-order chi connectivity index (χ0) is 17.4. The first-order valence-corrected chi connectivity index (χ1v) is 10.2. The lowest BCUT2D eigenvalue weighted by Crippen LogP contribution is -2.71. The Balaban J connectivity index is 1.26. The van der Waals surface area contributed by atoms with Gasteiger partial charge in [0.15, 0.2) is 0 Å². The third-order valence-corrected chi connectivity index (χ3v) is 7.30.